The number of aliphatic hydroxyl groups excluding tert-OH is 1. The molecular weight excluding hydrogens is 162 g/mol. The lowest BCUT2D eigenvalue weighted by Gasteiger charge is -2.19. The van der Waals surface area contributed by atoms with Crippen molar-refractivity contribution in [1.82, 2.24) is 4.90 Å². The summed E-state index contributed by atoms with van der Waals surface area (Å²) in [5.74, 6) is 0. The van der Waals surface area contributed by atoms with Gasteiger partial charge in [0.1, 0.15) is 0 Å². The molecule has 2 nitrogen and oxygen atoms in total. The molecule has 0 aromatic carbocycles. The molecule has 0 fully saturated rings. The molecule has 0 heterocycles. The van der Waals surface area contributed by atoms with E-state index in [0.29, 0.717) is 0 Å². The lowest BCUT2D eigenvalue weighted by molar-refractivity contribution is 0.136. The van der Waals surface area contributed by atoms with Gasteiger partial charge in [0, 0.05) is 6.54 Å². The molecule has 0 saturated heterocycles. The minimum absolute atomic E-state index is 0.154. The SMILES string of the molecule is C=CCCC(O)CCN(CC)CC. The van der Waals surface area contributed by atoms with E-state index >= 15 is 0 Å². The van der Waals surface area contributed by atoms with E-state index in [9.17, 15) is 5.11 Å². The number of rotatable bonds is 8. The van der Waals surface area contributed by atoms with Crippen LogP contribution < -0.4 is 0 Å². The zero-order chi connectivity index (χ0) is 10.1. The Morgan fingerprint density at radius 2 is 1.92 bits per heavy atom. The summed E-state index contributed by atoms with van der Waals surface area (Å²) in [6.45, 7) is 11.1. The standard InChI is InChI=1S/C11H23NO/c1-4-7-8-11(13)9-10-12(5-2)6-3/h4,11,13H,1,5-10H2,2-3H3. The van der Waals surface area contributed by atoms with Crippen LogP contribution in [-0.2, 0) is 0 Å². The highest BCUT2D eigenvalue weighted by atomic mass is 16.3. The molecule has 0 aliphatic rings. The molecule has 2 heteroatoms. The lowest BCUT2D eigenvalue weighted by atomic mass is 10.1. The maximum absolute atomic E-state index is 9.55. The average molecular weight is 185 g/mol. The van der Waals surface area contributed by atoms with Crippen molar-refractivity contribution < 1.29 is 5.11 Å². The van der Waals surface area contributed by atoms with E-state index in [1.807, 2.05) is 6.08 Å². The summed E-state index contributed by atoms with van der Waals surface area (Å²) in [5.41, 5.74) is 0. The molecule has 0 aromatic rings. The van der Waals surface area contributed by atoms with Crippen LogP contribution >= 0.6 is 0 Å². The molecule has 0 bridgehead atoms. The highest BCUT2D eigenvalue weighted by molar-refractivity contribution is 4.70. The van der Waals surface area contributed by atoms with Crippen molar-refractivity contribution in [1.29, 1.82) is 0 Å². The van der Waals surface area contributed by atoms with Gasteiger partial charge in [-0.3, -0.25) is 0 Å². The normalized spacial score (nSPS) is 13.2. The third-order valence-corrected chi connectivity index (χ3v) is 2.38. The maximum atomic E-state index is 9.55. The van der Waals surface area contributed by atoms with Gasteiger partial charge in [0.2, 0.25) is 0 Å². The lowest BCUT2D eigenvalue weighted by Crippen LogP contribution is -2.26. The van der Waals surface area contributed by atoms with E-state index in [0.717, 1.165) is 38.9 Å². The van der Waals surface area contributed by atoms with Crippen molar-refractivity contribution in [2.75, 3.05) is 19.6 Å². The first-order valence-electron chi connectivity index (χ1n) is 5.25. The molecule has 0 saturated carbocycles. The maximum Gasteiger partial charge on any atom is 0.0555 e. The number of nitrogens with zero attached hydrogens (tertiary/aromatic N) is 1. The second-order valence-corrected chi connectivity index (χ2v) is 3.34. The van der Waals surface area contributed by atoms with Gasteiger partial charge in [-0.2, -0.15) is 0 Å². The van der Waals surface area contributed by atoms with Crippen molar-refractivity contribution in [3.63, 3.8) is 0 Å². The van der Waals surface area contributed by atoms with Crippen LogP contribution in [0.3, 0.4) is 0 Å². The van der Waals surface area contributed by atoms with Gasteiger partial charge in [-0.15, -0.1) is 6.58 Å². The van der Waals surface area contributed by atoms with Gasteiger partial charge in [-0.05, 0) is 32.4 Å². The van der Waals surface area contributed by atoms with E-state index in [1.165, 1.54) is 0 Å². The van der Waals surface area contributed by atoms with Crippen LogP contribution in [0, 0.1) is 0 Å². The fraction of sp³-hybridized carbons (Fsp3) is 0.818. The summed E-state index contributed by atoms with van der Waals surface area (Å²) in [7, 11) is 0. The summed E-state index contributed by atoms with van der Waals surface area (Å²) >= 11 is 0. The smallest absolute Gasteiger partial charge is 0.0555 e. The molecule has 13 heavy (non-hydrogen) atoms. The van der Waals surface area contributed by atoms with Crippen molar-refractivity contribution >= 4 is 0 Å². The van der Waals surface area contributed by atoms with Crippen LogP contribution in [0.25, 0.3) is 0 Å². The highest BCUT2D eigenvalue weighted by Gasteiger charge is 2.05. The quantitative estimate of drug-likeness (QED) is 0.585. The van der Waals surface area contributed by atoms with E-state index in [4.69, 9.17) is 0 Å². The molecule has 0 aliphatic carbocycles. The van der Waals surface area contributed by atoms with Crippen LogP contribution in [0.5, 0.6) is 0 Å². The Morgan fingerprint density at radius 3 is 2.38 bits per heavy atom. The van der Waals surface area contributed by atoms with E-state index < -0.39 is 0 Å². The van der Waals surface area contributed by atoms with Crippen molar-refractivity contribution in [2.45, 2.75) is 39.2 Å². The summed E-state index contributed by atoms with van der Waals surface area (Å²) < 4.78 is 0. The zero-order valence-electron chi connectivity index (χ0n) is 9.00. The van der Waals surface area contributed by atoms with E-state index in [2.05, 4.69) is 25.3 Å². The molecule has 0 radical (unpaired) electrons. The summed E-state index contributed by atoms with van der Waals surface area (Å²) in [6, 6.07) is 0. The Labute approximate surface area is 82.3 Å². The molecule has 0 aliphatic heterocycles. The van der Waals surface area contributed by atoms with Gasteiger partial charge in [-0.1, -0.05) is 19.9 Å². The first-order chi connectivity index (χ1) is 6.24. The van der Waals surface area contributed by atoms with Crippen LogP contribution in [0.2, 0.25) is 0 Å². The number of hydrogen-bond acceptors (Lipinski definition) is 2. The number of allylic oxidation sites excluding steroid dienone is 1. The minimum atomic E-state index is -0.154. The average Bonchev–Trinajstić information content (AvgIpc) is 2.16. The summed E-state index contributed by atoms with van der Waals surface area (Å²) in [6.07, 6.45) is 4.36. The third-order valence-electron chi connectivity index (χ3n) is 2.38. The molecule has 0 spiro atoms. The fourth-order valence-electron chi connectivity index (χ4n) is 1.33. The summed E-state index contributed by atoms with van der Waals surface area (Å²) in [5, 5.41) is 9.55. The second kappa shape index (κ2) is 8.27. The van der Waals surface area contributed by atoms with Gasteiger partial charge < -0.3 is 10.0 Å². The Kier molecular flexibility index (Phi) is 8.05. The monoisotopic (exact) mass is 185 g/mol. The topological polar surface area (TPSA) is 23.5 Å². The number of aliphatic hydroxyl groups is 1. The second-order valence-electron chi connectivity index (χ2n) is 3.34. The number of hydrogen-bond donors (Lipinski definition) is 1. The predicted molar refractivity (Wildman–Crippen MR) is 57.8 cm³/mol. The van der Waals surface area contributed by atoms with Crippen LogP contribution in [0.15, 0.2) is 12.7 Å². The van der Waals surface area contributed by atoms with Crippen molar-refractivity contribution in [3.05, 3.63) is 12.7 Å². The largest absolute Gasteiger partial charge is 0.393 e. The van der Waals surface area contributed by atoms with Crippen LogP contribution in [0.1, 0.15) is 33.1 Å². The molecule has 1 unspecified atom stereocenters. The van der Waals surface area contributed by atoms with Gasteiger partial charge in [0.05, 0.1) is 6.10 Å². The van der Waals surface area contributed by atoms with Gasteiger partial charge >= 0.3 is 0 Å². The van der Waals surface area contributed by atoms with Crippen LogP contribution in [0.4, 0.5) is 0 Å². The van der Waals surface area contributed by atoms with Crippen LogP contribution in [-0.4, -0.2) is 35.7 Å². The Hall–Kier alpha value is -0.340. The Bertz CT molecular complexity index is 121. The first-order valence-corrected chi connectivity index (χ1v) is 5.25. The molecule has 0 aromatic heterocycles. The zero-order valence-corrected chi connectivity index (χ0v) is 9.00. The molecule has 1 N–H and O–H groups in total. The van der Waals surface area contributed by atoms with E-state index in [-0.39, 0.29) is 6.10 Å². The van der Waals surface area contributed by atoms with Gasteiger partial charge in [0.25, 0.3) is 0 Å². The molecule has 1 atom stereocenters. The fourth-order valence-corrected chi connectivity index (χ4v) is 1.33. The van der Waals surface area contributed by atoms with E-state index in [1.54, 1.807) is 0 Å². The molecule has 78 valence electrons. The Balaban J connectivity index is 3.43. The minimum Gasteiger partial charge on any atom is -0.393 e. The highest BCUT2D eigenvalue weighted by Crippen LogP contribution is 2.03. The summed E-state index contributed by atoms with van der Waals surface area (Å²) in [4.78, 5) is 2.33. The van der Waals surface area contributed by atoms with Crippen molar-refractivity contribution in [2.24, 2.45) is 0 Å². The molecular formula is C11H23NO. The molecule has 0 rings (SSSR count). The first kappa shape index (κ1) is 12.7. The predicted octanol–water partition coefficient (Wildman–Crippen LogP) is 2.05. The third kappa shape index (κ3) is 6.79. The molecule has 0 amide bonds. The van der Waals surface area contributed by atoms with Gasteiger partial charge in [-0.25, -0.2) is 0 Å². The Morgan fingerprint density at radius 1 is 1.31 bits per heavy atom. The van der Waals surface area contributed by atoms with Crippen molar-refractivity contribution in [3.8, 4) is 0 Å². The van der Waals surface area contributed by atoms with Gasteiger partial charge in [0.15, 0.2) is 0 Å².